The monoisotopic (exact) mass is 374 g/mol. The molecular weight excluding hydrogens is 360 g/mol. The lowest BCUT2D eigenvalue weighted by molar-refractivity contribution is 0.0952. The molecule has 0 atom stereocenters. The number of hydrogen-bond donors (Lipinski definition) is 2. The fourth-order valence-corrected chi connectivity index (χ4v) is 2.12. The van der Waals surface area contributed by atoms with E-state index in [1.54, 1.807) is 18.2 Å². The molecule has 23 heavy (non-hydrogen) atoms. The summed E-state index contributed by atoms with van der Waals surface area (Å²) in [5.41, 5.74) is 3.28. The second kappa shape index (κ2) is 8.14. The molecule has 2 aromatic rings. The molecule has 0 fully saturated rings. The van der Waals surface area contributed by atoms with E-state index in [-0.39, 0.29) is 11.3 Å². The molecule has 2 aromatic carbocycles. The van der Waals surface area contributed by atoms with Crippen LogP contribution in [0.1, 0.15) is 15.9 Å². The van der Waals surface area contributed by atoms with Crippen LogP contribution < -0.4 is 10.2 Å². The molecule has 2 N–H and O–H groups in total. The largest absolute Gasteiger partial charge is 0.507 e. The Hall–Kier alpha value is -2.60. The van der Waals surface area contributed by atoms with Gasteiger partial charge in [0.25, 0.3) is 5.91 Å². The van der Waals surface area contributed by atoms with E-state index < -0.39 is 5.91 Å². The van der Waals surface area contributed by atoms with E-state index >= 15 is 0 Å². The number of ether oxygens (including phenoxy) is 1. The SMILES string of the molecule is C=CCOc1cccc(/C=N\NC(=O)c2cc(Br)ccc2O)c1. The number of phenolic OH excluding ortho intramolecular Hbond substituents is 1. The zero-order valence-electron chi connectivity index (χ0n) is 12.2. The minimum Gasteiger partial charge on any atom is -0.507 e. The van der Waals surface area contributed by atoms with Crippen molar-refractivity contribution in [1.82, 2.24) is 5.43 Å². The van der Waals surface area contributed by atoms with Gasteiger partial charge < -0.3 is 9.84 Å². The highest BCUT2D eigenvalue weighted by Crippen LogP contribution is 2.21. The number of hydrazone groups is 1. The van der Waals surface area contributed by atoms with Gasteiger partial charge in [-0.1, -0.05) is 40.7 Å². The maximum absolute atomic E-state index is 12.0. The molecule has 0 aliphatic heterocycles. The van der Waals surface area contributed by atoms with Crippen LogP contribution in [0.15, 0.2) is 64.7 Å². The molecule has 0 aliphatic carbocycles. The summed E-state index contributed by atoms with van der Waals surface area (Å²) >= 11 is 3.25. The molecule has 1 amide bonds. The predicted octanol–water partition coefficient (Wildman–Crippen LogP) is 3.48. The topological polar surface area (TPSA) is 70.9 Å². The summed E-state index contributed by atoms with van der Waals surface area (Å²) in [6.07, 6.45) is 3.15. The number of hydrogen-bond acceptors (Lipinski definition) is 4. The fraction of sp³-hybridized carbons (Fsp3) is 0.0588. The average Bonchev–Trinajstić information content (AvgIpc) is 2.55. The number of halogens is 1. The number of benzene rings is 2. The van der Waals surface area contributed by atoms with Crippen LogP contribution in [-0.4, -0.2) is 23.8 Å². The van der Waals surface area contributed by atoms with Gasteiger partial charge in [0.1, 0.15) is 18.1 Å². The molecule has 0 aromatic heterocycles. The van der Waals surface area contributed by atoms with Crippen molar-refractivity contribution >= 4 is 28.1 Å². The molecule has 0 saturated heterocycles. The first-order valence-corrected chi connectivity index (χ1v) is 7.55. The standard InChI is InChI=1S/C17H15BrN2O3/c1-2-8-23-14-5-3-4-12(9-14)11-19-20-17(22)15-10-13(18)6-7-16(15)21/h2-7,9-11,21H,1,8H2,(H,20,22)/b19-11-. The smallest absolute Gasteiger partial charge is 0.275 e. The number of nitrogens with zero attached hydrogens (tertiary/aromatic N) is 1. The molecule has 0 unspecified atom stereocenters. The van der Waals surface area contributed by atoms with E-state index in [2.05, 4.69) is 33.0 Å². The van der Waals surface area contributed by atoms with Crippen molar-refractivity contribution in [2.75, 3.05) is 6.61 Å². The summed E-state index contributed by atoms with van der Waals surface area (Å²) < 4.78 is 6.11. The van der Waals surface area contributed by atoms with Crippen LogP contribution in [0.25, 0.3) is 0 Å². The number of rotatable bonds is 6. The third kappa shape index (κ3) is 4.96. The van der Waals surface area contributed by atoms with E-state index in [4.69, 9.17) is 4.74 Å². The van der Waals surface area contributed by atoms with Crippen LogP contribution >= 0.6 is 15.9 Å². The summed E-state index contributed by atoms with van der Waals surface area (Å²) in [4.78, 5) is 12.0. The molecule has 6 heteroatoms. The van der Waals surface area contributed by atoms with Crippen LogP contribution in [0.2, 0.25) is 0 Å². The molecule has 5 nitrogen and oxygen atoms in total. The Morgan fingerprint density at radius 3 is 2.96 bits per heavy atom. The molecule has 0 radical (unpaired) electrons. The van der Waals surface area contributed by atoms with Crippen molar-refractivity contribution in [2.24, 2.45) is 5.10 Å². The third-order valence-corrected chi connectivity index (χ3v) is 3.30. The number of carbonyl (C=O) groups excluding carboxylic acids is 1. The van der Waals surface area contributed by atoms with Gasteiger partial charge in [-0.15, -0.1) is 0 Å². The Balaban J connectivity index is 2.02. The molecule has 0 aliphatic rings. The first-order valence-electron chi connectivity index (χ1n) is 6.76. The van der Waals surface area contributed by atoms with Gasteiger partial charge in [-0.25, -0.2) is 5.43 Å². The first kappa shape index (κ1) is 16.8. The molecule has 0 spiro atoms. The summed E-state index contributed by atoms with van der Waals surface area (Å²) in [5.74, 6) is 0.0737. The van der Waals surface area contributed by atoms with Crippen LogP contribution in [-0.2, 0) is 0 Å². The van der Waals surface area contributed by atoms with Crippen LogP contribution in [0.4, 0.5) is 0 Å². The van der Waals surface area contributed by atoms with E-state index in [0.717, 1.165) is 5.56 Å². The van der Waals surface area contributed by atoms with Crippen molar-refractivity contribution in [1.29, 1.82) is 0 Å². The Kier molecular flexibility index (Phi) is 5.94. The van der Waals surface area contributed by atoms with Crippen LogP contribution in [0.5, 0.6) is 11.5 Å². The molecule has 0 bridgehead atoms. The van der Waals surface area contributed by atoms with Gasteiger partial charge in [0, 0.05) is 4.47 Å². The summed E-state index contributed by atoms with van der Waals surface area (Å²) in [5, 5.41) is 13.6. The normalized spacial score (nSPS) is 10.5. The second-order valence-corrected chi connectivity index (χ2v) is 5.45. The van der Waals surface area contributed by atoms with Gasteiger partial charge in [0.05, 0.1) is 11.8 Å². The second-order valence-electron chi connectivity index (χ2n) is 4.53. The fourth-order valence-electron chi connectivity index (χ4n) is 1.76. The number of carbonyl (C=O) groups is 1. The lowest BCUT2D eigenvalue weighted by Gasteiger charge is -2.04. The van der Waals surface area contributed by atoms with Gasteiger partial charge >= 0.3 is 0 Å². The minimum absolute atomic E-state index is 0.110. The minimum atomic E-state index is -0.501. The van der Waals surface area contributed by atoms with Crippen molar-refractivity contribution in [2.45, 2.75) is 0 Å². The van der Waals surface area contributed by atoms with Gasteiger partial charge in [-0.2, -0.15) is 5.10 Å². The van der Waals surface area contributed by atoms with E-state index in [9.17, 15) is 9.90 Å². The summed E-state index contributed by atoms with van der Waals surface area (Å²) in [7, 11) is 0. The maximum atomic E-state index is 12.0. The number of nitrogens with one attached hydrogen (secondary N) is 1. The maximum Gasteiger partial charge on any atom is 0.275 e. The number of amides is 1. The van der Waals surface area contributed by atoms with Crippen molar-refractivity contribution in [3.8, 4) is 11.5 Å². The van der Waals surface area contributed by atoms with Gasteiger partial charge in [0.15, 0.2) is 0 Å². The Bertz CT molecular complexity index is 744. The molecule has 0 saturated carbocycles. The van der Waals surface area contributed by atoms with Crippen molar-refractivity contribution < 1.29 is 14.6 Å². The number of phenols is 1. The average molecular weight is 375 g/mol. The summed E-state index contributed by atoms with van der Waals surface area (Å²) in [6.45, 7) is 4.00. The third-order valence-electron chi connectivity index (χ3n) is 2.81. The van der Waals surface area contributed by atoms with Gasteiger partial charge in [-0.05, 0) is 35.9 Å². The van der Waals surface area contributed by atoms with Gasteiger partial charge in [0.2, 0.25) is 0 Å². The molecular formula is C17H15BrN2O3. The first-order chi connectivity index (χ1) is 11.1. The zero-order valence-corrected chi connectivity index (χ0v) is 13.8. The molecule has 118 valence electrons. The lowest BCUT2D eigenvalue weighted by Crippen LogP contribution is -2.17. The number of aromatic hydroxyl groups is 1. The van der Waals surface area contributed by atoms with E-state index in [1.165, 1.54) is 18.3 Å². The highest BCUT2D eigenvalue weighted by Gasteiger charge is 2.10. The predicted molar refractivity (Wildman–Crippen MR) is 93.0 cm³/mol. The highest BCUT2D eigenvalue weighted by atomic mass is 79.9. The van der Waals surface area contributed by atoms with E-state index in [0.29, 0.717) is 16.8 Å². The Labute approximate surface area is 142 Å². The molecule has 2 rings (SSSR count). The molecule has 0 heterocycles. The van der Waals surface area contributed by atoms with Crippen LogP contribution in [0.3, 0.4) is 0 Å². The quantitative estimate of drug-likeness (QED) is 0.461. The Morgan fingerprint density at radius 2 is 2.17 bits per heavy atom. The van der Waals surface area contributed by atoms with Crippen molar-refractivity contribution in [3.63, 3.8) is 0 Å². The lowest BCUT2D eigenvalue weighted by atomic mass is 10.2. The summed E-state index contributed by atoms with van der Waals surface area (Å²) in [6, 6.07) is 11.8. The Morgan fingerprint density at radius 1 is 1.35 bits per heavy atom. The van der Waals surface area contributed by atoms with Gasteiger partial charge in [-0.3, -0.25) is 4.79 Å². The van der Waals surface area contributed by atoms with Crippen LogP contribution in [0, 0.1) is 0 Å². The zero-order chi connectivity index (χ0) is 16.7. The van der Waals surface area contributed by atoms with Crippen molar-refractivity contribution in [3.05, 3.63) is 70.7 Å². The van der Waals surface area contributed by atoms with E-state index in [1.807, 2.05) is 18.2 Å². The highest BCUT2D eigenvalue weighted by molar-refractivity contribution is 9.10.